The van der Waals surface area contributed by atoms with Gasteiger partial charge in [-0.25, -0.2) is 4.79 Å². The number of nitrogens with two attached hydrogens (primary N) is 1. The zero-order valence-electron chi connectivity index (χ0n) is 54.8. The number of ether oxygens (including phenoxy) is 1. The number of aromatic amines is 2. The van der Waals surface area contributed by atoms with E-state index in [0.29, 0.717) is 41.7 Å². The number of aryl methyl sites for hydroxylation is 6. The molecule has 4 aliphatic rings. The summed E-state index contributed by atoms with van der Waals surface area (Å²) in [6.45, 7) is 19.1. The highest BCUT2D eigenvalue weighted by molar-refractivity contribution is 6.62. The highest BCUT2D eigenvalue weighted by atomic mass is 35.5. The van der Waals surface area contributed by atoms with Crippen molar-refractivity contribution in [2.45, 2.75) is 138 Å². The van der Waals surface area contributed by atoms with Gasteiger partial charge in [-0.2, -0.15) is 20.0 Å². The number of benzene rings is 5. The predicted octanol–water partition coefficient (Wildman–Crippen LogP) is 16.5. The van der Waals surface area contributed by atoms with Crippen molar-refractivity contribution in [3.8, 4) is 55.6 Å². The summed E-state index contributed by atoms with van der Waals surface area (Å²) in [6, 6.07) is 32.9. The molecule has 0 bridgehead atoms. The molecule has 0 spiro atoms. The van der Waals surface area contributed by atoms with E-state index >= 15 is 0 Å². The lowest BCUT2D eigenvalue weighted by molar-refractivity contribution is 0.00578. The first-order valence-corrected chi connectivity index (χ1v) is 32.1. The highest BCUT2D eigenvalue weighted by Gasteiger charge is 2.52. The minimum absolute atomic E-state index is 0. The monoisotopic (exact) mass is 1360 g/mol. The van der Waals surface area contributed by atoms with Crippen LogP contribution in [0, 0.1) is 20.8 Å². The van der Waals surface area contributed by atoms with Gasteiger partial charge in [0.1, 0.15) is 22.9 Å². The highest BCUT2D eigenvalue weighted by Crippen LogP contribution is 2.43. The summed E-state index contributed by atoms with van der Waals surface area (Å²) in [6.07, 6.45) is 13.8. The van der Waals surface area contributed by atoms with E-state index in [2.05, 4.69) is 64.5 Å². The molecule has 1 saturated heterocycles. The number of rotatable bonds is 5. The van der Waals surface area contributed by atoms with Crippen LogP contribution in [0.15, 0.2) is 154 Å². The summed E-state index contributed by atoms with van der Waals surface area (Å²) in [4.78, 5) is 36.4. The molecule has 97 heavy (non-hydrogen) atoms. The second-order valence-electron chi connectivity index (χ2n) is 25.4. The van der Waals surface area contributed by atoms with Crippen LogP contribution in [0.25, 0.3) is 55.6 Å². The zero-order valence-corrected chi connectivity index (χ0v) is 57.0. The molecule has 1 aliphatic heterocycles. The van der Waals surface area contributed by atoms with Crippen molar-refractivity contribution in [3.05, 3.63) is 206 Å². The molecule has 5 aromatic carbocycles. The molecule has 7 heterocycles. The number of Topliss-reactive ketones (excluding diaryl/α,β-unsaturated/α-hetero) is 2. The third-order valence-corrected chi connectivity index (χ3v) is 17.6. The average molecular weight is 1370 g/mol. The minimum Gasteiger partial charge on any atom is -0.442 e. The van der Waals surface area contributed by atoms with Crippen LogP contribution in [0.3, 0.4) is 0 Å². The zero-order chi connectivity index (χ0) is 67.5. The Hall–Kier alpha value is -9.31. The predicted molar refractivity (Wildman–Crippen MR) is 380 cm³/mol. The number of H-pyrrole nitrogens is 2. The first-order valence-electron chi connectivity index (χ1n) is 30.9. The van der Waals surface area contributed by atoms with Gasteiger partial charge in [0.15, 0.2) is 11.6 Å². The normalized spacial score (nSPS) is 15.1. The SMILES string of the molecule is C.CC(C)(C)OC(=O)n1cc(B2OC(C)(C)C(C)(C)O2)cn1.Cc1noc2c1-c1ccc(-c3cn[nH]c3)cc1C(=O)CC2.Cc1noc2c1-c1ccc(-c3cn[nH]c3)cc1C(Nc1ccc(Cl)cc1)CC2.Cc1noc2c1-c1ccc(Cl)cc1C(=O)CC2.Nc1ccc(Cl)cc1.[B]. The van der Waals surface area contributed by atoms with Gasteiger partial charge >= 0.3 is 13.2 Å². The van der Waals surface area contributed by atoms with Crippen LogP contribution in [0.2, 0.25) is 15.1 Å². The van der Waals surface area contributed by atoms with Crippen LogP contribution >= 0.6 is 34.8 Å². The maximum absolute atomic E-state index is 12.4. The van der Waals surface area contributed by atoms with Gasteiger partial charge in [-0.15, -0.1) is 0 Å². The van der Waals surface area contributed by atoms with Gasteiger partial charge < -0.3 is 38.7 Å². The third kappa shape index (κ3) is 16.4. The van der Waals surface area contributed by atoms with Crippen LogP contribution in [-0.4, -0.2) is 95.6 Å². The molecule has 1 atom stereocenters. The standard InChI is InChI=1S/C22H19ClN4O.C16H13N3O2.C14H23BN2O4.C13H10ClNO2.C6H6ClN.CH4.B/c1-13-22-18-7-2-14(15-11-24-25-12-15)10-19(18)20(8-9-21(22)28-27-13)26-17-5-3-16(23)4-6-17;1-9-16-12-3-2-10(11-7-17-18-8-11)6-13(12)14(20)4-5-15(16)21-19-9;1-12(2,3)19-11(18)17-9-10(8-16-17)15-20-13(4,5)14(6,7)21-15;1-7-13-9-3-2-8(14)6-10(9)11(16)4-5-12(13)17-15-7;7-5-1-3-6(8)4-2-5;;/h2-7,10-12,20,26H,8-9H2,1H3,(H,24,25);2-3,6-8H,4-5H2,1H3,(H,17,18);8-9H,1-7H3;2-3,6H,4-5H2,1H3;1-4H,8H2;1H4;. The van der Waals surface area contributed by atoms with E-state index in [1.54, 1.807) is 55.0 Å². The number of hydrogen-bond donors (Lipinski definition) is 4. The molecule has 15 rings (SSSR count). The molecule has 3 aliphatic carbocycles. The Bertz CT molecular complexity index is 4520. The molecule has 11 aromatic rings. The second-order valence-corrected chi connectivity index (χ2v) is 26.7. The van der Waals surface area contributed by atoms with Crippen molar-refractivity contribution in [1.82, 2.24) is 45.6 Å². The van der Waals surface area contributed by atoms with E-state index in [1.165, 1.54) is 11.1 Å². The van der Waals surface area contributed by atoms with E-state index in [9.17, 15) is 14.4 Å². The fourth-order valence-corrected chi connectivity index (χ4v) is 11.8. The van der Waals surface area contributed by atoms with Crippen LogP contribution < -0.4 is 16.5 Å². The summed E-state index contributed by atoms with van der Waals surface area (Å²) in [5, 5.41) is 35.7. The van der Waals surface area contributed by atoms with Gasteiger partial charge in [0.05, 0.1) is 46.7 Å². The summed E-state index contributed by atoms with van der Waals surface area (Å²) >= 11 is 17.5. The molecule has 20 nitrogen and oxygen atoms in total. The Kier molecular flexibility index (Phi) is 22.3. The quantitative estimate of drug-likeness (QED) is 0.0921. The lowest BCUT2D eigenvalue weighted by Gasteiger charge is -2.32. The first kappa shape index (κ1) is 72.0. The minimum atomic E-state index is -0.562. The summed E-state index contributed by atoms with van der Waals surface area (Å²) in [5.41, 5.74) is 21.8. The maximum Gasteiger partial charge on any atom is 0.498 e. The van der Waals surface area contributed by atoms with Crippen molar-refractivity contribution < 1.29 is 42.0 Å². The van der Waals surface area contributed by atoms with Gasteiger partial charge in [0.2, 0.25) is 0 Å². The Balaban J connectivity index is 0.000000147. The van der Waals surface area contributed by atoms with Gasteiger partial charge in [-0.1, -0.05) is 88.0 Å². The van der Waals surface area contributed by atoms with Crippen LogP contribution in [-0.2, 0) is 33.3 Å². The molecule has 1 unspecified atom stereocenters. The number of fused-ring (bicyclic) bond motifs is 9. The van der Waals surface area contributed by atoms with E-state index in [0.717, 1.165) is 129 Å². The van der Waals surface area contributed by atoms with E-state index in [-0.39, 0.29) is 33.4 Å². The lowest BCUT2D eigenvalue weighted by atomic mass is 9.82. The number of carbonyl (C=O) groups is 3. The fourth-order valence-electron chi connectivity index (χ4n) is 11.4. The van der Waals surface area contributed by atoms with E-state index in [4.69, 9.17) is 68.2 Å². The van der Waals surface area contributed by atoms with E-state index in [1.807, 2.05) is 136 Å². The number of nitrogens with one attached hydrogen (secondary N) is 3. The molecule has 0 saturated carbocycles. The van der Waals surface area contributed by atoms with Crippen molar-refractivity contribution in [2.75, 3.05) is 11.1 Å². The molecular weight excluding hydrogens is 1290 g/mol. The smallest absolute Gasteiger partial charge is 0.442 e. The number of carbonyl (C=O) groups excluding carboxylic acids is 3. The maximum atomic E-state index is 12.4. The van der Waals surface area contributed by atoms with Gasteiger partial charge in [0.25, 0.3) is 0 Å². The molecule has 25 heteroatoms. The summed E-state index contributed by atoms with van der Waals surface area (Å²) < 4.78 is 34.5. The van der Waals surface area contributed by atoms with Crippen molar-refractivity contribution >= 4 is 84.8 Å². The topological polar surface area (TPSA) is 270 Å². The molecule has 6 aromatic heterocycles. The average Bonchev–Trinajstić information content (AvgIpc) is 1.68. The third-order valence-electron chi connectivity index (χ3n) is 16.9. The number of nitrogen functional groups attached to an aromatic ring is 1. The Morgan fingerprint density at radius 2 is 1.07 bits per heavy atom. The number of ketones is 2. The second kappa shape index (κ2) is 30.0. The number of halogens is 3. The van der Waals surface area contributed by atoms with Gasteiger partial charge in [0, 0.05) is 136 Å². The number of nitrogens with zero attached hydrogens (tertiary/aromatic N) is 7. The summed E-state index contributed by atoms with van der Waals surface area (Å²) in [5.74, 6) is 2.79. The molecule has 5 N–H and O–H groups in total. The Morgan fingerprint density at radius 1 is 0.608 bits per heavy atom. The van der Waals surface area contributed by atoms with Crippen molar-refractivity contribution in [1.29, 1.82) is 0 Å². The largest absolute Gasteiger partial charge is 0.498 e. The Labute approximate surface area is 580 Å². The molecule has 0 amide bonds. The number of aromatic nitrogens is 9. The van der Waals surface area contributed by atoms with Crippen LogP contribution in [0.5, 0.6) is 0 Å². The van der Waals surface area contributed by atoms with Crippen LogP contribution in [0.1, 0.15) is 142 Å². The molecule has 3 radical (unpaired) electrons. The first-order chi connectivity index (χ1) is 45.3. The fraction of sp³-hybridized carbons (Fsp3) is 0.292. The van der Waals surface area contributed by atoms with Gasteiger partial charge in [-0.3, -0.25) is 19.8 Å². The van der Waals surface area contributed by atoms with Gasteiger partial charge in [-0.05, 0) is 182 Å². The van der Waals surface area contributed by atoms with Crippen molar-refractivity contribution in [2.24, 2.45) is 0 Å². The number of hydrogen-bond acceptors (Lipinski definition) is 17. The molecule has 499 valence electrons. The molecule has 1 fully saturated rings. The summed E-state index contributed by atoms with van der Waals surface area (Å²) in [7, 11) is -0.536. The van der Waals surface area contributed by atoms with E-state index < -0.39 is 30.0 Å². The number of anilines is 2. The van der Waals surface area contributed by atoms with Crippen LogP contribution in [0.4, 0.5) is 16.2 Å². The molecular formula is C72H75B2Cl3N11O9. The Morgan fingerprint density at radius 3 is 1.58 bits per heavy atom. The van der Waals surface area contributed by atoms with Crippen molar-refractivity contribution in [3.63, 3.8) is 0 Å². The lowest BCUT2D eigenvalue weighted by Crippen LogP contribution is -2.41.